The Morgan fingerprint density at radius 2 is 2.06 bits per heavy atom. The predicted octanol–water partition coefficient (Wildman–Crippen LogP) is 2.93. The largest absolute Gasteiger partial charge is 0.493 e. The fourth-order valence-corrected chi connectivity index (χ4v) is 2.16. The highest BCUT2D eigenvalue weighted by molar-refractivity contribution is 7.09. The molecular formula is C13H13NO3S. The van der Waals surface area contributed by atoms with E-state index in [4.69, 9.17) is 9.47 Å². The second kappa shape index (κ2) is 5.64. The first kappa shape index (κ1) is 12.6. The van der Waals surface area contributed by atoms with Crippen LogP contribution in [-0.2, 0) is 6.61 Å². The molecule has 5 heteroatoms. The van der Waals surface area contributed by atoms with E-state index in [2.05, 4.69) is 4.98 Å². The normalized spacial score (nSPS) is 10.1. The van der Waals surface area contributed by atoms with E-state index in [1.54, 1.807) is 12.5 Å². The first-order valence-electron chi connectivity index (χ1n) is 5.42. The van der Waals surface area contributed by atoms with Gasteiger partial charge in [0.2, 0.25) is 0 Å². The van der Waals surface area contributed by atoms with E-state index in [0.717, 1.165) is 5.01 Å². The molecule has 0 aliphatic rings. The lowest BCUT2D eigenvalue weighted by atomic mass is 10.3. The Morgan fingerprint density at radius 3 is 2.67 bits per heavy atom. The van der Waals surface area contributed by atoms with Gasteiger partial charge in [-0.25, -0.2) is 4.98 Å². The van der Waals surface area contributed by atoms with Gasteiger partial charge in [0.05, 0.1) is 7.11 Å². The standard InChI is InChI=1S/C13H13NO3S/c1-9(15)10-8-18-13(14-10)7-17-12-6-4-3-5-11(12)16-2/h3-6,8H,7H2,1-2H3. The molecule has 0 aliphatic heterocycles. The van der Waals surface area contributed by atoms with Crippen LogP contribution in [0.1, 0.15) is 22.4 Å². The van der Waals surface area contributed by atoms with Gasteiger partial charge in [-0.1, -0.05) is 12.1 Å². The third kappa shape index (κ3) is 2.87. The summed E-state index contributed by atoms with van der Waals surface area (Å²) in [7, 11) is 1.60. The van der Waals surface area contributed by atoms with E-state index in [-0.39, 0.29) is 5.78 Å². The zero-order chi connectivity index (χ0) is 13.0. The van der Waals surface area contributed by atoms with Crippen molar-refractivity contribution in [1.82, 2.24) is 4.98 Å². The molecule has 0 spiro atoms. The Kier molecular flexibility index (Phi) is 3.94. The molecule has 0 amide bonds. The van der Waals surface area contributed by atoms with Crippen LogP contribution < -0.4 is 9.47 Å². The Balaban J connectivity index is 2.04. The van der Waals surface area contributed by atoms with Crippen molar-refractivity contribution in [2.75, 3.05) is 7.11 Å². The molecule has 1 aromatic carbocycles. The number of benzene rings is 1. The van der Waals surface area contributed by atoms with Gasteiger partial charge in [-0.15, -0.1) is 11.3 Å². The van der Waals surface area contributed by atoms with Crippen molar-refractivity contribution >= 4 is 17.1 Å². The molecule has 2 rings (SSSR count). The highest BCUT2D eigenvalue weighted by atomic mass is 32.1. The maximum atomic E-state index is 11.1. The van der Waals surface area contributed by atoms with Crippen molar-refractivity contribution in [3.8, 4) is 11.5 Å². The molecular weight excluding hydrogens is 250 g/mol. The summed E-state index contributed by atoms with van der Waals surface area (Å²) in [6, 6.07) is 7.42. The molecule has 0 saturated heterocycles. The second-order valence-electron chi connectivity index (χ2n) is 3.62. The van der Waals surface area contributed by atoms with E-state index < -0.39 is 0 Å². The average Bonchev–Trinajstić information content (AvgIpc) is 2.85. The molecule has 4 nitrogen and oxygen atoms in total. The Morgan fingerprint density at radius 1 is 1.33 bits per heavy atom. The van der Waals surface area contributed by atoms with Crippen LogP contribution in [0.2, 0.25) is 0 Å². The second-order valence-corrected chi connectivity index (χ2v) is 4.56. The van der Waals surface area contributed by atoms with Gasteiger partial charge in [-0.05, 0) is 12.1 Å². The van der Waals surface area contributed by atoms with Crippen LogP contribution in [0.4, 0.5) is 0 Å². The summed E-state index contributed by atoms with van der Waals surface area (Å²) in [4.78, 5) is 15.3. The zero-order valence-electron chi connectivity index (χ0n) is 10.2. The lowest BCUT2D eigenvalue weighted by molar-refractivity contribution is 0.101. The minimum Gasteiger partial charge on any atom is -0.493 e. The highest BCUT2D eigenvalue weighted by Gasteiger charge is 2.08. The summed E-state index contributed by atoms with van der Waals surface area (Å²) in [6.07, 6.45) is 0. The molecule has 18 heavy (non-hydrogen) atoms. The van der Waals surface area contributed by atoms with E-state index >= 15 is 0 Å². The average molecular weight is 263 g/mol. The molecule has 0 N–H and O–H groups in total. The molecule has 0 atom stereocenters. The number of hydrogen-bond acceptors (Lipinski definition) is 5. The number of carbonyl (C=O) groups is 1. The van der Waals surface area contributed by atoms with Crippen molar-refractivity contribution in [2.24, 2.45) is 0 Å². The van der Waals surface area contributed by atoms with Gasteiger partial charge in [0.25, 0.3) is 0 Å². The van der Waals surface area contributed by atoms with Crippen LogP contribution in [0.3, 0.4) is 0 Å². The van der Waals surface area contributed by atoms with Crippen molar-refractivity contribution in [2.45, 2.75) is 13.5 Å². The van der Waals surface area contributed by atoms with E-state index in [1.165, 1.54) is 18.3 Å². The number of nitrogens with zero attached hydrogens (tertiary/aromatic N) is 1. The zero-order valence-corrected chi connectivity index (χ0v) is 11.0. The summed E-state index contributed by atoms with van der Waals surface area (Å²) in [5.74, 6) is 1.32. The molecule has 0 radical (unpaired) electrons. The lowest BCUT2D eigenvalue weighted by Gasteiger charge is -2.08. The smallest absolute Gasteiger partial charge is 0.178 e. The Labute approximate surface area is 109 Å². The molecule has 1 aromatic heterocycles. The van der Waals surface area contributed by atoms with Crippen molar-refractivity contribution in [3.63, 3.8) is 0 Å². The molecule has 0 bridgehead atoms. The maximum Gasteiger partial charge on any atom is 0.178 e. The number of hydrogen-bond donors (Lipinski definition) is 0. The molecule has 1 heterocycles. The summed E-state index contributed by atoms with van der Waals surface area (Å²) < 4.78 is 10.8. The summed E-state index contributed by atoms with van der Waals surface area (Å²) in [5, 5.41) is 2.51. The minimum atomic E-state index is -0.0326. The molecule has 94 valence electrons. The van der Waals surface area contributed by atoms with Gasteiger partial charge in [0.15, 0.2) is 17.3 Å². The van der Waals surface area contributed by atoms with Gasteiger partial charge >= 0.3 is 0 Å². The van der Waals surface area contributed by atoms with Crippen molar-refractivity contribution in [3.05, 3.63) is 40.3 Å². The number of Topliss-reactive ketones (excluding diaryl/α,β-unsaturated/α-hetero) is 1. The summed E-state index contributed by atoms with van der Waals surface area (Å²) in [5.41, 5.74) is 0.485. The fraction of sp³-hybridized carbons (Fsp3) is 0.231. The SMILES string of the molecule is COc1ccccc1OCc1nc(C(C)=O)cs1. The predicted molar refractivity (Wildman–Crippen MR) is 69.4 cm³/mol. The number of methoxy groups -OCH3 is 1. The molecule has 2 aromatic rings. The van der Waals surface area contributed by atoms with Gasteiger partial charge in [0, 0.05) is 12.3 Å². The molecule has 0 fully saturated rings. The summed E-state index contributed by atoms with van der Waals surface area (Å²) >= 11 is 1.41. The van der Waals surface area contributed by atoms with Gasteiger partial charge < -0.3 is 9.47 Å². The topological polar surface area (TPSA) is 48.4 Å². The van der Waals surface area contributed by atoms with Crippen molar-refractivity contribution in [1.29, 1.82) is 0 Å². The van der Waals surface area contributed by atoms with Crippen LogP contribution in [0.5, 0.6) is 11.5 Å². The molecule has 0 saturated carbocycles. The first-order valence-corrected chi connectivity index (χ1v) is 6.30. The molecule has 0 unspecified atom stereocenters. The number of aromatic nitrogens is 1. The van der Waals surface area contributed by atoms with E-state index in [0.29, 0.717) is 23.8 Å². The van der Waals surface area contributed by atoms with Crippen LogP contribution in [0.25, 0.3) is 0 Å². The number of para-hydroxylation sites is 2. The Bertz CT molecular complexity index is 551. The van der Waals surface area contributed by atoms with Crippen LogP contribution >= 0.6 is 11.3 Å². The van der Waals surface area contributed by atoms with Gasteiger partial charge in [0.1, 0.15) is 17.3 Å². The number of thiazole rings is 1. The number of ketones is 1. The van der Waals surface area contributed by atoms with E-state index in [9.17, 15) is 4.79 Å². The fourth-order valence-electron chi connectivity index (χ4n) is 1.42. The number of ether oxygens (including phenoxy) is 2. The molecule has 0 aliphatic carbocycles. The quantitative estimate of drug-likeness (QED) is 0.778. The highest BCUT2D eigenvalue weighted by Crippen LogP contribution is 2.26. The maximum absolute atomic E-state index is 11.1. The van der Waals surface area contributed by atoms with Gasteiger partial charge in [-0.2, -0.15) is 0 Å². The van der Waals surface area contributed by atoms with Crippen LogP contribution in [0.15, 0.2) is 29.6 Å². The summed E-state index contributed by atoms with van der Waals surface area (Å²) in [6.45, 7) is 1.83. The first-order chi connectivity index (χ1) is 8.70. The third-order valence-corrected chi connectivity index (χ3v) is 3.16. The monoisotopic (exact) mass is 263 g/mol. The van der Waals surface area contributed by atoms with E-state index in [1.807, 2.05) is 24.3 Å². The third-order valence-electron chi connectivity index (χ3n) is 2.33. The Hall–Kier alpha value is -1.88. The minimum absolute atomic E-state index is 0.0326. The van der Waals surface area contributed by atoms with Crippen LogP contribution in [-0.4, -0.2) is 17.9 Å². The van der Waals surface area contributed by atoms with Crippen molar-refractivity contribution < 1.29 is 14.3 Å². The van der Waals surface area contributed by atoms with Crippen LogP contribution in [0, 0.1) is 0 Å². The lowest BCUT2D eigenvalue weighted by Crippen LogP contribution is -1.98. The number of rotatable bonds is 5. The number of carbonyl (C=O) groups excluding carboxylic acids is 1. The van der Waals surface area contributed by atoms with Gasteiger partial charge in [-0.3, -0.25) is 4.79 Å².